The molecule has 1 aromatic heterocycles. The monoisotopic (exact) mass is 337 g/mol. The Morgan fingerprint density at radius 2 is 2.43 bits per heavy atom. The number of likely N-dealkylation sites (tertiary alicyclic amines) is 1. The molecule has 2 atom stereocenters. The SMILES string of the molecule is CC(C(=O)Nc1nc2ccc(F)cc2s1)N1CCCC(CO)C1. The molecule has 0 radical (unpaired) electrons. The van der Waals surface area contributed by atoms with Gasteiger partial charge < -0.3 is 10.4 Å². The molecule has 1 aliphatic heterocycles. The fourth-order valence-corrected chi connectivity index (χ4v) is 3.82. The van der Waals surface area contributed by atoms with Gasteiger partial charge >= 0.3 is 0 Å². The number of aliphatic hydroxyl groups excluding tert-OH is 1. The van der Waals surface area contributed by atoms with E-state index in [4.69, 9.17) is 0 Å². The van der Waals surface area contributed by atoms with Gasteiger partial charge in [-0.05, 0) is 50.4 Å². The zero-order chi connectivity index (χ0) is 16.4. The van der Waals surface area contributed by atoms with Crippen molar-refractivity contribution in [3.8, 4) is 0 Å². The van der Waals surface area contributed by atoms with Crippen molar-refractivity contribution in [1.29, 1.82) is 0 Å². The van der Waals surface area contributed by atoms with E-state index in [-0.39, 0.29) is 30.3 Å². The molecule has 1 aliphatic rings. The van der Waals surface area contributed by atoms with Crippen molar-refractivity contribution in [2.75, 3.05) is 25.0 Å². The van der Waals surface area contributed by atoms with Crippen LogP contribution in [0.25, 0.3) is 10.2 Å². The Labute approximate surface area is 138 Å². The molecule has 5 nitrogen and oxygen atoms in total. The molecule has 2 aromatic rings. The maximum absolute atomic E-state index is 13.2. The Bertz CT molecular complexity index is 706. The molecular formula is C16H20FN3O2S. The van der Waals surface area contributed by atoms with Gasteiger partial charge in [-0.2, -0.15) is 0 Å². The molecule has 7 heteroatoms. The highest BCUT2D eigenvalue weighted by Crippen LogP contribution is 2.27. The Balaban J connectivity index is 1.67. The van der Waals surface area contributed by atoms with Crippen LogP contribution in [0.15, 0.2) is 18.2 Å². The number of aromatic nitrogens is 1. The van der Waals surface area contributed by atoms with Crippen molar-refractivity contribution in [3.05, 3.63) is 24.0 Å². The van der Waals surface area contributed by atoms with Gasteiger partial charge in [-0.1, -0.05) is 11.3 Å². The molecule has 23 heavy (non-hydrogen) atoms. The van der Waals surface area contributed by atoms with Gasteiger partial charge in [0.15, 0.2) is 5.13 Å². The highest BCUT2D eigenvalue weighted by Gasteiger charge is 2.27. The van der Waals surface area contributed by atoms with Crippen LogP contribution in [0, 0.1) is 11.7 Å². The third-order valence-corrected chi connectivity index (χ3v) is 5.25. The van der Waals surface area contributed by atoms with Crippen molar-refractivity contribution in [2.45, 2.75) is 25.8 Å². The first-order valence-corrected chi connectivity index (χ1v) is 8.60. The van der Waals surface area contributed by atoms with Gasteiger partial charge in [0.05, 0.1) is 16.3 Å². The third kappa shape index (κ3) is 3.68. The number of thiazole rings is 1. The summed E-state index contributed by atoms with van der Waals surface area (Å²) in [6, 6.07) is 4.10. The Hall–Kier alpha value is -1.57. The number of rotatable bonds is 4. The Kier molecular flexibility index (Phi) is 4.89. The van der Waals surface area contributed by atoms with Gasteiger partial charge in [-0.15, -0.1) is 0 Å². The Morgan fingerprint density at radius 3 is 3.22 bits per heavy atom. The molecular weight excluding hydrogens is 317 g/mol. The van der Waals surface area contributed by atoms with E-state index >= 15 is 0 Å². The molecule has 2 heterocycles. The number of nitrogens with zero attached hydrogens (tertiary/aromatic N) is 2. The molecule has 0 saturated carbocycles. The van der Waals surface area contributed by atoms with E-state index in [1.54, 1.807) is 6.07 Å². The molecule has 0 aliphatic carbocycles. The number of piperidine rings is 1. The third-order valence-electron chi connectivity index (χ3n) is 4.32. The molecule has 1 aromatic carbocycles. The van der Waals surface area contributed by atoms with Crippen molar-refractivity contribution in [3.63, 3.8) is 0 Å². The number of hydrogen-bond acceptors (Lipinski definition) is 5. The number of halogens is 1. The summed E-state index contributed by atoms with van der Waals surface area (Å²) in [6.45, 7) is 3.61. The van der Waals surface area contributed by atoms with Gasteiger partial charge in [-0.25, -0.2) is 9.37 Å². The first kappa shape index (κ1) is 16.3. The number of carbonyl (C=O) groups excluding carboxylic acids is 1. The van der Waals surface area contributed by atoms with E-state index in [1.165, 1.54) is 23.5 Å². The second-order valence-corrected chi connectivity index (χ2v) is 7.01. The van der Waals surface area contributed by atoms with E-state index in [2.05, 4.69) is 15.2 Å². The second kappa shape index (κ2) is 6.90. The number of hydrogen-bond donors (Lipinski definition) is 2. The van der Waals surface area contributed by atoms with Crippen molar-refractivity contribution in [2.24, 2.45) is 5.92 Å². The average molecular weight is 337 g/mol. The summed E-state index contributed by atoms with van der Waals surface area (Å²) >= 11 is 1.27. The average Bonchev–Trinajstić information content (AvgIpc) is 2.95. The lowest BCUT2D eigenvalue weighted by atomic mass is 9.97. The summed E-state index contributed by atoms with van der Waals surface area (Å²) in [4.78, 5) is 18.8. The van der Waals surface area contributed by atoms with E-state index in [0.717, 1.165) is 25.9 Å². The van der Waals surface area contributed by atoms with Crippen LogP contribution >= 0.6 is 11.3 Å². The summed E-state index contributed by atoms with van der Waals surface area (Å²) in [6.07, 6.45) is 1.99. The summed E-state index contributed by atoms with van der Waals surface area (Å²) in [5.41, 5.74) is 0.678. The lowest BCUT2D eigenvalue weighted by Crippen LogP contribution is -2.47. The number of fused-ring (bicyclic) bond motifs is 1. The van der Waals surface area contributed by atoms with E-state index in [0.29, 0.717) is 15.3 Å². The second-order valence-electron chi connectivity index (χ2n) is 5.98. The van der Waals surface area contributed by atoms with Crippen LogP contribution in [-0.4, -0.2) is 46.6 Å². The summed E-state index contributed by atoms with van der Waals surface area (Å²) in [5.74, 6) is -0.191. The van der Waals surface area contributed by atoms with Crippen LogP contribution in [0.5, 0.6) is 0 Å². The lowest BCUT2D eigenvalue weighted by molar-refractivity contribution is -0.121. The maximum atomic E-state index is 13.2. The molecule has 2 unspecified atom stereocenters. The first-order chi connectivity index (χ1) is 11.1. The van der Waals surface area contributed by atoms with Gasteiger partial charge in [0.2, 0.25) is 5.91 Å². The lowest BCUT2D eigenvalue weighted by Gasteiger charge is -2.35. The minimum absolute atomic E-state index is 0.122. The number of aliphatic hydroxyl groups is 1. The van der Waals surface area contributed by atoms with Crippen molar-refractivity contribution >= 4 is 32.6 Å². The largest absolute Gasteiger partial charge is 0.396 e. The van der Waals surface area contributed by atoms with Crippen LogP contribution in [0.2, 0.25) is 0 Å². The van der Waals surface area contributed by atoms with Crippen molar-refractivity contribution in [1.82, 2.24) is 9.88 Å². The highest BCUT2D eigenvalue weighted by atomic mass is 32.1. The van der Waals surface area contributed by atoms with Gasteiger partial charge in [0.25, 0.3) is 0 Å². The van der Waals surface area contributed by atoms with Gasteiger partial charge in [0.1, 0.15) is 5.82 Å². The van der Waals surface area contributed by atoms with E-state index in [9.17, 15) is 14.3 Å². The molecule has 1 fully saturated rings. The fourth-order valence-electron chi connectivity index (χ4n) is 2.93. The standard InChI is InChI=1S/C16H20FN3O2S/c1-10(20-6-2-3-11(8-20)9-21)15(22)19-16-18-13-5-4-12(17)7-14(13)23-16/h4-5,7,10-11,21H,2-3,6,8-9H2,1H3,(H,18,19,22). The van der Waals surface area contributed by atoms with Crippen molar-refractivity contribution < 1.29 is 14.3 Å². The highest BCUT2D eigenvalue weighted by molar-refractivity contribution is 7.22. The quantitative estimate of drug-likeness (QED) is 0.899. The minimum Gasteiger partial charge on any atom is -0.396 e. The van der Waals surface area contributed by atoms with Gasteiger partial charge in [-0.3, -0.25) is 9.69 Å². The minimum atomic E-state index is -0.309. The predicted octanol–water partition coefficient (Wildman–Crippen LogP) is 2.47. The van der Waals surface area contributed by atoms with Crippen LogP contribution in [0.3, 0.4) is 0 Å². The molecule has 1 saturated heterocycles. The Morgan fingerprint density at radius 1 is 1.61 bits per heavy atom. The molecule has 124 valence electrons. The first-order valence-electron chi connectivity index (χ1n) is 7.78. The zero-order valence-electron chi connectivity index (χ0n) is 13.0. The van der Waals surface area contributed by atoms with E-state index in [1.807, 2.05) is 6.92 Å². The van der Waals surface area contributed by atoms with Crippen LogP contribution in [0.4, 0.5) is 9.52 Å². The smallest absolute Gasteiger partial charge is 0.243 e. The zero-order valence-corrected chi connectivity index (χ0v) is 13.8. The summed E-state index contributed by atoms with van der Waals surface area (Å²) in [7, 11) is 0. The van der Waals surface area contributed by atoms with Crippen LogP contribution in [-0.2, 0) is 4.79 Å². The van der Waals surface area contributed by atoms with Crippen LogP contribution < -0.4 is 5.32 Å². The molecule has 0 spiro atoms. The van der Waals surface area contributed by atoms with Crippen LogP contribution in [0.1, 0.15) is 19.8 Å². The number of benzene rings is 1. The molecule has 0 bridgehead atoms. The van der Waals surface area contributed by atoms with E-state index < -0.39 is 0 Å². The number of carbonyl (C=O) groups is 1. The number of amides is 1. The number of anilines is 1. The topological polar surface area (TPSA) is 65.5 Å². The molecule has 1 amide bonds. The number of nitrogens with one attached hydrogen (secondary N) is 1. The summed E-state index contributed by atoms with van der Waals surface area (Å²) < 4.78 is 13.9. The summed E-state index contributed by atoms with van der Waals surface area (Å²) in [5, 5.41) is 12.6. The maximum Gasteiger partial charge on any atom is 0.243 e. The molecule has 2 N–H and O–H groups in total. The normalized spacial score (nSPS) is 20.6. The van der Waals surface area contributed by atoms with Gasteiger partial charge in [0, 0.05) is 13.2 Å². The fraction of sp³-hybridized carbons (Fsp3) is 0.500. The molecule has 3 rings (SSSR count). The predicted molar refractivity (Wildman–Crippen MR) is 89.1 cm³/mol.